The van der Waals surface area contributed by atoms with E-state index >= 15 is 0 Å². The van der Waals surface area contributed by atoms with Crippen LogP contribution < -0.4 is 10.6 Å². The van der Waals surface area contributed by atoms with Crippen LogP contribution in [0.15, 0.2) is 12.1 Å². The third kappa shape index (κ3) is 2.52. The molecule has 2 N–H and O–H groups in total. The molecule has 2 nitrogen and oxygen atoms in total. The van der Waals surface area contributed by atoms with Gasteiger partial charge in [0.15, 0.2) is 11.6 Å². The minimum absolute atomic E-state index is 0.0346. The lowest BCUT2D eigenvalue weighted by atomic mass is 10.1. The molecule has 0 saturated carbocycles. The monoisotopic (exact) mass is 274 g/mol. The second-order valence-corrected chi connectivity index (χ2v) is 5.39. The Morgan fingerprint density at radius 3 is 2.47 bits per heavy atom. The topological polar surface area (TPSA) is 29.3 Å². The van der Waals surface area contributed by atoms with Crippen LogP contribution in [-0.2, 0) is 0 Å². The molecule has 1 heterocycles. The maximum atomic E-state index is 13.9. The third-order valence-electron chi connectivity index (χ3n) is 2.68. The van der Waals surface area contributed by atoms with Crippen molar-refractivity contribution in [2.75, 3.05) is 29.5 Å². The molecule has 1 aliphatic heterocycles. The molecule has 1 saturated heterocycles. The molecule has 0 aliphatic carbocycles. The van der Waals surface area contributed by atoms with Crippen LogP contribution in [0.5, 0.6) is 0 Å². The van der Waals surface area contributed by atoms with Crippen molar-refractivity contribution >= 4 is 34.7 Å². The van der Waals surface area contributed by atoms with E-state index in [0.717, 1.165) is 24.6 Å². The molecular weight excluding hydrogens is 262 g/mol. The Morgan fingerprint density at radius 2 is 1.88 bits per heavy atom. The summed E-state index contributed by atoms with van der Waals surface area (Å²) in [5.41, 5.74) is 5.58. The normalized spacial score (nSPS) is 16.0. The Kier molecular flexibility index (Phi) is 3.83. The molecule has 0 spiro atoms. The van der Waals surface area contributed by atoms with Crippen molar-refractivity contribution in [2.45, 2.75) is 0 Å². The van der Waals surface area contributed by atoms with Crippen molar-refractivity contribution in [1.29, 1.82) is 0 Å². The molecule has 92 valence electrons. The fraction of sp³-hybridized carbons (Fsp3) is 0.364. The molecule has 1 aromatic carbocycles. The van der Waals surface area contributed by atoms with Crippen LogP contribution in [0.3, 0.4) is 0 Å². The lowest BCUT2D eigenvalue weighted by Gasteiger charge is -2.29. The number of halogens is 2. The second-order valence-electron chi connectivity index (χ2n) is 3.72. The number of thioether (sulfide) groups is 1. The van der Waals surface area contributed by atoms with Gasteiger partial charge >= 0.3 is 0 Å². The van der Waals surface area contributed by atoms with E-state index < -0.39 is 11.6 Å². The summed E-state index contributed by atoms with van der Waals surface area (Å²) in [6.45, 7) is 1.46. The van der Waals surface area contributed by atoms with Gasteiger partial charge < -0.3 is 10.6 Å². The number of hydrogen-bond donors (Lipinski definition) is 1. The van der Waals surface area contributed by atoms with Crippen molar-refractivity contribution in [3.63, 3.8) is 0 Å². The van der Waals surface area contributed by atoms with E-state index in [4.69, 9.17) is 5.73 Å². The number of anilines is 1. The van der Waals surface area contributed by atoms with Crippen LogP contribution >= 0.6 is 24.0 Å². The third-order valence-corrected chi connectivity index (χ3v) is 3.84. The summed E-state index contributed by atoms with van der Waals surface area (Å²) < 4.78 is 27.6. The first-order chi connectivity index (χ1) is 8.11. The zero-order valence-corrected chi connectivity index (χ0v) is 10.7. The quantitative estimate of drug-likeness (QED) is 0.837. The maximum absolute atomic E-state index is 13.9. The molecule has 1 aliphatic rings. The van der Waals surface area contributed by atoms with Gasteiger partial charge in [0.25, 0.3) is 0 Å². The number of nitrogens with zero attached hydrogens (tertiary/aromatic N) is 1. The first kappa shape index (κ1) is 12.6. The largest absolute Gasteiger partial charge is 0.389 e. The predicted octanol–water partition coefficient (Wildman–Crippen LogP) is 2.15. The van der Waals surface area contributed by atoms with E-state index in [1.165, 1.54) is 6.07 Å². The van der Waals surface area contributed by atoms with Crippen LogP contribution in [0, 0.1) is 11.6 Å². The molecule has 0 aromatic heterocycles. The van der Waals surface area contributed by atoms with Gasteiger partial charge in [-0.25, -0.2) is 8.78 Å². The molecule has 0 radical (unpaired) electrons. The number of nitrogens with two attached hydrogens (primary N) is 1. The van der Waals surface area contributed by atoms with Gasteiger partial charge in [-0.1, -0.05) is 12.2 Å². The zero-order chi connectivity index (χ0) is 12.4. The van der Waals surface area contributed by atoms with Gasteiger partial charge in [-0.3, -0.25) is 0 Å². The SMILES string of the molecule is NC(=S)c1ccc(N2CCSCC2)c(F)c1F. The number of thiocarbonyl (C=S) groups is 1. The molecule has 0 bridgehead atoms. The van der Waals surface area contributed by atoms with Crippen molar-refractivity contribution in [3.05, 3.63) is 29.3 Å². The minimum atomic E-state index is -0.951. The Bertz CT molecular complexity index is 445. The van der Waals surface area contributed by atoms with Gasteiger partial charge in [-0.15, -0.1) is 0 Å². The van der Waals surface area contributed by atoms with Gasteiger partial charge in [-0.2, -0.15) is 11.8 Å². The summed E-state index contributed by atoms with van der Waals surface area (Å²) >= 11 is 6.48. The highest BCUT2D eigenvalue weighted by Gasteiger charge is 2.20. The van der Waals surface area contributed by atoms with E-state index in [9.17, 15) is 8.78 Å². The Morgan fingerprint density at radius 1 is 1.24 bits per heavy atom. The lowest BCUT2D eigenvalue weighted by molar-refractivity contribution is 0.505. The predicted molar refractivity (Wildman–Crippen MR) is 71.8 cm³/mol. The highest BCUT2D eigenvalue weighted by atomic mass is 32.2. The fourth-order valence-corrected chi connectivity index (χ4v) is 2.84. The average molecular weight is 274 g/mol. The van der Waals surface area contributed by atoms with E-state index in [1.807, 2.05) is 16.7 Å². The highest BCUT2D eigenvalue weighted by molar-refractivity contribution is 7.99. The molecule has 0 atom stereocenters. The molecule has 6 heteroatoms. The van der Waals surface area contributed by atoms with E-state index in [0.29, 0.717) is 5.69 Å². The molecule has 1 fully saturated rings. The molecule has 0 unspecified atom stereocenters. The van der Waals surface area contributed by atoms with Crippen molar-refractivity contribution < 1.29 is 8.78 Å². The second kappa shape index (κ2) is 5.18. The Balaban J connectivity index is 2.36. The molecule has 0 amide bonds. The molecule has 1 aromatic rings. The maximum Gasteiger partial charge on any atom is 0.182 e. The summed E-state index contributed by atoms with van der Waals surface area (Å²) in [6, 6.07) is 2.99. The van der Waals surface area contributed by atoms with Gasteiger partial charge in [-0.05, 0) is 12.1 Å². The molecule has 17 heavy (non-hydrogen) atoms. The van der Waals surface area contributed by atoms with E-state index in [-0.39, 0.29) is 10.6 Å². The van der Waals surface area contributed by atoms with Gasteiger partial charge in [0, 0.05) is 30.2 Å². The smallest absolute Gasteiger partial charge is 0.182 e. The standard InChI is InChI=1S/C11H12F2N2S2/c12-9-7(11(14)16)1-2-8(10(9)13)15-3-5-17-6-4-15/h1-2H,3-6H2,(H2,14,16). The fourth-order valence-electron chi connectivity index (χ4n) is 1.78. The summed E-state index contributed by atoms with van der Waals surface area (Å²) in [4.78, 5) is 1.72. The number of benzene rings is 1. The van der Waals surface area contributed by atoms with Gasteiger partial charge in [0.2, 0.25) is 0 Å². The van der Waals surface area contributed by atoms with Gasteiger partial charge in [0.05, 0.1) is 5.69 Å². The first-order valence-electron chi connectivity index (χ1n) is 5.21. The number of hydrogen-bond acceptors (Lipinski definition) is 3. The van der Waals surface area contributed by atoms with Crippen LogP contribution in [0.4, 0.5) is 14.5 Å². The Labute approximate surface area is 108 Å². The average Bonchev–Trinajstić information content (AvgIpc) is 2.33. The summed E-state index contributed by atoms with van der Waals surface area (Å²) in [5, 5.41) is 0. The first-order valence-corrected chi connectivity index (χ1v) is 6.78. The lowest BCUT2D eigenvalue weighted by Crippen LogP contribution is -2.33. The summed E-state index contributed by atoms with van der Waals surface area (Å²) in [6.07, 6.45) is 0. The molecule has 2 rings (SSSR count). The van der Waals surface area contributed by atoms with Crippen molar-refractivity contribution in [1.82, 2.24) is 0 Å². The van der Waals surface area contributed by atoms with Crippen LogP contribution in [0.2, 0.25) is 0 Å². The van der Waals surface area contributed by atoms with E-state index in [2.05, 4.69) is 12.2 Å². The summed E-state index contributed by atoms with van der Waals surface area (Å²) in [7, 11) is 0. The van der Waals surface area contributed by atoms with Crippen LogP contribution in [0.25, 0.3) is 0 Å². The summed E-state index contributed by atoms with van der Waals surface area (Å²) in [5.74, 6) is 0.0476. The highest BCUT2D eigenvalue weighted by Crippen LogP contribution is 2.26. The zero-order valence-electron chi connectivity index (χ0n) is 9.08. The van der Waals surface area contributed by atoms with Crippen molar-refractivity contribution in [3.8, 4) is 0 Å². The minimum Gasteiger partial charge on any atom is -0.389 e. The van der Waals surface area contributed by atoms with Gasteiger partial charge in [0.1, 0.15) is 4.99 Å². The van der Waals surface area contributed by atoms with Crippen LogP contribution in [0.1, 0.15) is 5.56 Å². The Hall–Kier alpha value is -0.880. The number of rotatable bonds is 2. The van der Waals surface area contributed by atoms with E-state index in [1.54, 1.807) is 6.07 Å². The van der Waals surface area contributed by atoms with Crippen molar-refractivity contribution in [2.24, 2.45) is 5.73 Å². The van der Waals surface area contributed by atoms with Crippen LogP contribution in [-0.4, -0.2) is 29.6 Å². The molecular formula is C11H12F2N2S2.